The second-order valence-corrected chi connectivity index (χ2v) is 6.07. The van der Waals surface area contributed by atoms with Gasteiger partial charge in [-0.15, -0.1) is 0 Å². The van der Waals surface area contributed by atoms with Crippen LogP contribution >= 0.6 is 0 Å². The fraction of sp³-hybridized carbons (Fsp3) is 0.545. The van der Waals surface area contributed by atoms with Gasteiger partial charge >= 0.3 is 0 Å². The van der Waals surface area contributed by atoms with Crippen LogP contribution in [-0.4, -0.2) is 57.7 Å². The Labute approximate surface area is 112 Å². The Morgan fingerprint density at radius 3 is 2.79 bits per heavy atom. The molecule has 0 amide bonds. The average Bonchev–Trinajstić information content (AvgIpc) is 2.40. The fourth-order valence-electron chi connectivity index (χ4n) is 1.83. The zero-order chi connectivity index (χ0) is 13.7. The largest absolute Gasteiger partial charge is 0.397 e. The van der Waals surface area contributed by atoms with E-state index < -0.39 is 10.0 Å². The van der Waals surface area contributed by atoms with Crippen molar-refractivity contribution in [3.05, 3.63) is 18.5 Å². The number of anilines is 1. The van der Waals surface area contributed by atoms with E-state index in [1.54, 1.807) is 0 Å². The molecule has 7 nitrogen and oxygen atoms in total. The van der Waals surface area contributed by atoms with Crippen molar-refractivity contribution in [1.29, 1.82) is 0 Å². The monoisotopic (exact) mass is 286 g/mol. The summed E-state index contributed by atoms with van der Waals surface area (Å²) in [5, 5.41) is 0. The molecular weight excluding hydrogens is 268 g/mol. The number of nitrogen functional groups attached to an aromatic ring is 1. The van der Waals surface area contributed by atoms with Gasteiger partial charge in [-0.1, -0.05) is 0 Å². The molecule has 1 aliphatic rings. The molecule has 0 aromatic carbocycles. The van der Waals surface area contributed by atoms with Gasteiger partial charge in [-0.05, 0) is 6.07 Å². The van der Waals surface area contributed by atoms with Crippen molar-refractivity contribution in [1.82, 2.24) is 14.6 Å². The van der Waals surface area contributed by atoms with Gasteiger partial charge in [-0.2, -0.15) is 0 Å². The van der Waals surface area contributed by atoms with Crippen LogP contribution in [0.2, 0.25) is 0 Å². The Morgan fingerprint density at radius 1 is 1.37 bits per heavy atom. The second-order valence-electron chi connectivity index (χ2n) is 4.31. The smallest absolute Gasteiger partial charge is 0.242 e. The minimum Gasteiger partial charge on any atom is -0.397 e. The summed E-state index contributed by atoms with van der Waals surface area (Å²) >= 11 is 0. The van der Waals surface area contributed by atoms with E-state index in [1.165, 1.54) is 18.5 Å². The lowest BCUT2D eigenvalue weighted by Gasteiger charge is -2.26. The first-order valence-electron chi connectivity index (χ1n) is 6.08. The molecule has 0 unspecified atom stereocenters. The molecule has 1 aromatic heterocycles. The molecule has 106 valence electrons. The lowest BCUT2D eigenvalue weighted by molar-refractivity contribution is 0.0390. The highest BCUT2D eigenvalue weighted by atomic mass is 32.2. The maximum Gasteiger partial charge on any atom is 0.242 e. The lowest BCUT2D eigenvalue weighted by Crippen LogP contribution is -2.41. The van der Waals surface area contributed by atoms with Crippen LogP contribution in [0.25, 0.3) is 0 Å². The summed E-state index contributed by atoms with van der Waals surface area (Å²) in [5.41, 5.74) is 5.85. The average molecular weight is 286 g/mol. The van der Waals surface area contributed by atoms with Crippen molar-refractivity contribution in [2.75, 3.05) is 45.1 Å². The maximum atomic E-state index is 12.0. The lowest BCUT2D eigenvalue weighted by atomic mass is 10.4. The van der Waals surface area contributed by atoms with Crippen molar-refractivity contribution in [3.8, 4) is 0 Å². The second kappa shape index (κ2) is 6.29. The van der Waals surface area contributed by atoms with E-state index in [2.05, 4.69) is 14.6 Å². The highest BCUT2D eigenvalue weighted by Gasteiger charge is 2.15. The molecular formula is C11H18N4O3S. The third-order valence-corrected chi connectivity index (χ3v) is 4.30. The van der Waals surface area contributed by atoms with Gasteiger partial charge in [0.1, 0.15) is 4.90 Å². The van der Waals surface area contributed by atoms with Crippen LogP contribution in [-0.2, 0) is 14.8 Å². The fourth-order valence-corrected chi connectivity index (χ4v) is 2.85. The molecule has 1 aliphatic heterocycles. The van der Waals surface area contributed by atoms with Crippen LogP contribution < -0.4 is 10.5 Å². The summed E-state index contributed by atoms with van der Waals surface area (Å²) in [7, 11) is -3.53. The summed E-state index contributed by atoms with van der Waals surface area (Å²) in [6, 6.07) is 1.39. The van der Waals surface area contributed by atoms with Gasteiger partial charge in [0.25, 0.3) is 0 Å². The molecule has 0 atom stereocenters. The van der Waals surface area contributed by atoms with Crippen molar-refractivity contribution in [2.45, 2.75) is 4.90 Å². The van der Waals surface area contributed by atoms with Gasteiger partial charge in [-0.25, -0.2) is 13.1 Å². The van der Waals surface area contributed by atoms with Crippen molar-refractivity contribution >= 4 is 15.7 Å². The predicted octanol–water partition coefficient (Wildman–Crippen LogP) is -0.726. The van der Waals surface area contributed by atoms with Gasteiger partial charge in [-0.3, -0.25) is 9.88 Å². The maximum absolute atomic E-state index is 12.0. The Morgan fingerprint density at radius 2 is 2.11 bits per heavy atom. The SMILES string of the molecule is Nc1cncc(S(=O)(=O)NCCN2CCOCC2)c1. The van der Waals surface area contributed by atoms with Gasteiger partial charge in [0.2, 0.25) is 10.0 Å². The number of pyridine rings is 1. The third kappa shape index (κ3) is 4.13. The number of morpholine rings is 1. The van der Waals surface area contributed by atoms with E-state index in [9.17, 15) is 8.42 Å². The van der Waals surface area contributed by atoms with E-state index >= 15 is 0 Å². The van der Waals surface area contributed by atoms with Crippen LogP contribution in [0.1, 0.15) is 0 Å². The van der Waals surface area contributed by atoms with Gasteiger partial charge < -0.3 is 10.5 Å². The Hall–Kier alpha value is -1.22. The summed E-state index contributed by atoms with van der Waals surface area (Å²) in [6.45, 7) is 4.09. The highest BCUT2D eigenvalue weighted by molar-refractivity contribution is 7.89. The molecule has 1 aromatic rings. The molecule has 3 N–H and O–H groups in total. The molecule has 2 heterocycles. The molecule has 8 heteroatoms. The topological polar surface area (TPSA) is 97.5 Å². The zero-order valence-electron chi connectivity index (χ0n) is 10.6. The van der Waals surface area contributed by atoms with Crippen molar-refractivity contribution < 1.29 is 13.2 Å². The van der Waals surface area contributed by atoms with E-state index in [-0.39, 0.29) is 4.90 Å². The number of sulfonamides is 1. The number of hydrogen-bond acceptors (Lipinski definition) is 6. The van der Waals surface area contributed by atoms with Crippen molar-refractivity contribution in [3.63, 3.8) is 0 Å². The predicted molar refractivity (Wildman–Crippen MR) is 71.1 cm³/mol. The first-order valence-corrected chi connectivity index (χ1v) is 7.56. The molecule has 0 bridgehead atoms. The standard InChI is InChI=1S/C11H18N4O3S/c12-10-7-11(9-13-8-10)19(16,17)14-1-2-15-3-5-18-6-4-15/h7-9,14H,1-6,12H2. The minimum absolute atomic E-state index is 0.0921. The summed E-state index contributed by atoms with van der Waals surface area (Å²) in [5.74, 6) is 0. The van der Waals surface area contributed by atoms with E-state index in [4.69, 9.17) is 10.5 Å². The summed E-state index contributed by atoms with van der Waals surface area (Å²) < 4.78 is 31.7. The van der Waals surface area contributed by atoms with Crippen LogP contribution in [0.3, 0.4) is 0 Å². The molecule has 0 radical (unpaired) electrons. The van der Waals surface area contributed by atoms with Gasteiger partial charge in [0.15, 0.2) is 0 Å². The summed E-state index contributed by atoms with van der Waals surface area (Å²) in [6.07, 6.45) is 2.69. The van der Waals surface area contributed by atoms with Crippen LogP contribution in [0, 0.1) is 0 Å². The molecule has 0 aliphatic carbocycles. The van der Waals surface area contributed by atoms with Crippen LogP contribution in [0.15, 0.2) is 23.4 Å². The normalized spacial score (nSPS) is 17.5. The molecule has 0 spiro atoms. The minimum atomic E-state index is -3.53. The van der Waals surface area contributed by atoms with E-state index in [0.29, 0.717) is 32.0 Å². The quantitative estimate of drug-likeness (QED) is 0.741. The van der Waals surface area contributed by atoms with Gasteiger partial charge in [0.05, 0.1) is 18.9 Å². The highest BCUT2D eigenvalue weighted by Crippen LogP contribution is 2.10. The van der Waals surface area contributed by atoms with Gasteiger partial charge in [0, 0.05) is 38.6 Å². The number of aromatic nitrogens is 1. The zero-order valence-corrected chi connectivity index (χ0v) is 11.4. The number of hydrogen-bond donors (Lipinski definition) is 2. The Bertz CT molecular complexity index is 514. The molecule has 2 rings (SSSR count). The first kappa shape index (κ1) is 14.2. The number of nitrogens with zero attached hydrogens (tertiary/aromatic N) is 2. The Balaban J connectivity index is 1.87. The van der Waals surface area contributed by atoms with Crippen LogP contribution in [0.5, 0.6) is 0 Å². The first-order chi connectivity index (χ1) is 9.08. The van der Waals surface area contributed by atoms with Crippen LogP contribution in [0.4, 0.5) is 5.69 Å². The number of nitrogens with two attached hydrogens (primary N) is 1. The molecule has 1 saturated heterocycles. The van der Waals surface area contributed by atoms with E-state index in [1.807, 2.05) is 0 Å². The molecule has 0 saturated carbocycles. The van der Waals surface area contributed by atoms with Crippen molar-refractivity contribution in [2.24, 2.45) is 0 Å². The third-order valence-electron chi connectivity index (χ3n) is 2.87. The molecule has 19 heavy (non-hydrogen) atoms. The number of nitrogens with one attached hydrogen (secondary N) is 1. The number of ether oxygens (including phenoxy) is 1. The summed E-state index contributed by atoms with van der Waals surface area (Å²) in [4.78, 5) is 6.03. The Kier molecular flexibility index (Phi) is 4.70. The molecule has 1 fully saturated rings. The number of rotatable bonds is 5. The van der Waals surface area contributed by atoms with E-state index in [0.717, 1.165) is 13.1 Å².